The lowest BCUT2D eigenvalue weighted by Crippen LogP contribution is -2.28. The third-order valence-electron chi connectivity index (χ3n) is 3.74. The second kappa shape index (κ2) is 6.24. The van der Waals surface area contributed by atoms with E-state index in [1.165, 1.54) is 24.8 Å². The molecule has 0 heterocycles. The lowest BCUT2D eigenvalue weighted by atomic mass is 9.82. The highest BCUT2D eigenvalue weighted by molar-refractivity contribution is 5.27. The van der Waals surface area contributed by atoms with Crippen LogP contribution >= 0.6 is 0 Å². The molecule has 1 aromatic rings. The van der Waals surface area contributed by atoms with Crippen molar-refractivity contribution in [3.05, 3.63) is 29.8 Å². The number of nitrogens with one attached hydrogen (secondary N) is 1. The third-order valence-corrected chi connectivity index (χ3v) is 3.74. The maximum absolute atomic E-state index is 6.11. The summed E-state index contributed by atoms with van der Waals surface area (Å²) < 4.78 is 6.11. The zero-order valence-corrected chi connectivity index (χ0v) is 11.8. The van der Waals surface area contributed by atoms with Crippen molar-refractivity contribution in [2.45, 2.75) is 45.8 Å². The molecule has 1 fully saturated rings. The van der Waals surface area contributed by atoms with Crippen LogP contribution in [-0.2, 0) is 6.54 Å². The Kier molecular flexibility index (Phi) is 4.65. The summed E-state index contributed by atoms with van der Waals surface area (Å²) in [5, 5.41) is 3.16. The molecule has 0 amide bonds. The van der Waals surface area contributed by atoms with Crippen molar-refractivity contribution in [1.82, 2.24) is 5.32 Å². The Labute approximate surface area is 111 Å². The van der Waals surface area contributed by atoms with Crippen molar-refractivity contribution in [3.63, 3.8) is 0 Å². The average Bonchev–Trinajstić information content (AvgIpc) is 2.31. The first-order valence-corrected chi connectivity index (χ1v) is 7.07. The molecule has 1 aliphatic rings. The highest BCUT2D eigenvalue weighted by Gasteiger charge is 2.25. The largest absolute Gasteiger partial charge is 0.490 e. The Morgan fingerprint density at radius 2 is 1.67 bits per heavy atom. The molecule has 1 aliphatic carbocycles. The van der Waals surface area contributed by atoms with Crippen LogP contribution in [0, 0.1) is 11.8 Å². The van der Waals surface area contributed by atoms with Gasteiger partial charge in [0.15, 0.2) is 0 Å². The number of benzene rings is 1. The SMILES string of the molecule is CNCc1ccc(OC2CC(C)CC(C)C2)cc1. The quantitative estimate of drug-likeness (QED) is 0.877. The van der Waals surface area contributed by atoms with Crippen molar-refractivity contribution >= 4 is 0 Å². The topological polar surface area (TPSA) is 21.3 Å². The molecule has 2 rings (SSSR count). The molecule has 2 unspecified atom stereocenters. The summed E-state index contributed by atoms with van der Waals surface area (Å²) in [6.07, 6.45) is 4.14. The van der Waals surface area contributed by atoms with Gasteiger partial charge in [0.1, 0.15) is 5.75 Å². The molecule has 1 aromatic carbocycles. The second-order valence-corrected chi connectivity index (χ2v) is 5.83. The van der Waals surface area contributed by atoms with E-state index in [2.05, 4.69) is 43.4 Å². The van der Waals surface area contributed by atoms with Gasteiger partial charge in [0.2, 0.25) is 0 Å². The van der Waals surface area contributed by atoms with Gasteiger partial charge in [0.25, 0.3) is 0 Å². The first-order chi connectivity index (χ1) is 8.67. The fourth-order valence-corrected chi connectivity index (χ4v) is 3.05. The zero-order chi connectivity index (χ0) is 13.0. The highest BCUT2D eigenvalue weighted by atomic mass is 16.5. The monoisotopic (exact) mass is 247 g/mol. The van der Waals surface area contributed by atoms with Crippen molar-refractivity contribution in [3.8, 4) is 5.75 Å². The van der Waals surface area contributed by atoms with Crippen LogP contribution in [-0.4, -0.2) is 13.2 Å². The molecule has 2 atom stereocenters. The van der Waals surface area contributed by atoms with Gasteiger partial charge in [-0.2, -0.15) is 0 Å². The summed E-state index contributed by atoms with van der Waals surface area (Å²) in [7, 11) is 1.97. The smallest absolute Gasteiger partial charge is 0.119 e. The predicted molar refractivity (Wildman–Crippen MR) is 75.8 cm³/mol. The molecule has 100 valence electrons. The van der Waals surface area contributed by atoms with Crippen LogP contribution in [0.15, 0.2) is 24.3 Å². The van der Waals surface area contributed by atoms with E-state index in [1.54, 1.807) is 0 Å². The minimum Gasteiger partial charge on any atom is -0.490 e. The Morgan fingerprint density at radius 1 is 1.06 bits per heavy atom. The molecular formula is C16H25NO. The van der Waals surface area contributed by atoms with Crippen LogP contribution in [0.25, 0.3) is 0 Å². The van der Waals surface area contributed by atoms with Gasteiger partial charge in [-0.25, -0.2) is 0 Å². The van der Waals surface area contributed by atoms with Gasteiger partial charge in [0, 0.05) is 6.54 Å². The molecule has 0 saturated heterocycles. The van der Waals surface area contributed by atoms with Crippen LogP contribution in [0.3, 0.4) is 0 Å². The zero-order valence-electron chi connectivity index (χ0n) is 11.8. The minimum atomic E-state index is 0.402. The van der Waals surface area contributed by atoms with E-state index in [9.17, 15) is 0 Å². The van der Waals surface area contributed by atoms with Crippen LogP contribution in [0.5, 0.6) is 5.75 Å². The minimum absolute atomic E-state index is 0.402. The van der Waals surface area contributed by atoms with Crippen LogP contribution in [0.1, 0.15) is 38.7 Å². The Bertz CT molecular complexity index is 350. The lowest BCUT2D eigenvalue weighted by Gasteiger charge is -2.31. The maximum Gasteiger partial charge on any atom is 0.119 e. The number of hydrogen-bond donors (Lipinski definition) is 1. The van der Waals surface area contributed by atoms with Crippen molar-refractivity contribution in [1.29, 1.82) is 0 Å². The molecule has 0 aromatic heterocycles. The summed E-state index contributed by atoms with van der Waals surface area (Å²) in [6, 6.07) is 8.47. The lowest BCUT2D eigenvalue weighted by molar-refractivity contribution is 0.101. The molecule has 0 bridgehead atoms. The van der Waals surface area contributed by atoms with Crippen LogP contribution in [0.2, 0.25) is 0 Å². The van der Waals surface area contributed by atoms with E-state index in [4.69, 9.17) is 4.74 Å². The first-order valence-electron chi connectivity index (χ1n) is 7.07. The number of ether oxygens (including phenoxy) is 1. The van der Waals surface area contributed by atoms with E-state index < -0.39 is 0 Å². The van der Waals surface area contributed by atoms with Gasteiger partial charge < -0.3 is 10.1 Å². The summed E-state index contributed by atoms with van der Waals surface area (Å²) in [4.78, 5) is 0. The van der Waals surface area contributed by atoms with Crippen molar-refractivity contribution in [2.75, 3.05) is 7.05 Å². The van der Waals surface area contributed by atoms with E-state index in [0.717, 1.165) is 24.1 Å². The van der Waals surface area contributed by atoms with Gasteiger partial charge in [-0.3, -0.25) is 0 Å². The molecule has 18 heavy (non-hydrogen) atoms. The van der Waals surface area contributed by atoms with Crippen LogP contribution in [0.4, 0.5) is 0 Å². The highest BCUT2D eigenvalue weighted by Crippen LogP contribution is 2.31. The van der Waals surface area contributed by atoms with E-state index in [1.807, 2.05) is 7.05 Å². The van der Waals surface area contributed by atoms with Gasteiger partial charge >= 0.3 is 0 Å². The van der Waals surface area contributed by atoms with Crippen molar-refractivity contribution in [2.24, 2.45) is 11.8 Å². The maximum atomic E-state index is 6.11. The first kappa shape index (κ1) is 13.4. The van der Waals surface area contributed by atoms with Gasteiger partial charge in [-0.1, -0.05) is 26.0 Å². The predicted octanol–water partition coefficient (Wildman–Crippen LogP) is 3.61. The van der Waals surface area contributed by atoms with Crippen LogP contribution < -0.4 is 10.1 Å². The molecule has 0 aliphatic heterocycles. The molecule has 1 N–H and O–H groups in total. The van der Waals surface area contributed by atoms with Gasteiger partial charge in [0.05, 0.1) is 6.10 Å². The average molecular weight is 247 g/mol. The Hall–Kier alpha value is -1.02. The molecule has 2 heteroatoms. The Morgan fingerprint density at radius 3 is 2.22 bits per heavy atom. The standard InChI is InChI=1S/C16H25NO/c1-12-8-13(2)10-16(9-12)18-15-6-4-14(5-7-15)11-17-3/h4-7,12-13,16-17H,8-11H2,1-3H3. The fraction of sp³-hybridized carbons (Fsp3) is 0.625. The molecule has 0 radical (unpaired) electrons. The van der Waals surface area contributed by atoms with E-state index in [0.29, 0.717) is 6.10 Å². The van der Waals surface area contributed by atoms with Crippen molar-refractivity contribution < 1.29 is 4.74 Å². The normalized spacial score (nSPS) is 28.1. The summed E-state index contributed by atoms with van der Waals surface area (Å²) in [6.45, 7) is 5.59. The molecular weight excluding hydrogens is 222 g/mol. The second-order valence-electron chi connectivity index (χ2n) is 5.83. The van der Waals surface area contributed by atoms with Gasteiger partial charge in [-0.15, -0.1) is 0 Å². The third kappa shape index (κ3) is 3.74. The van der Waals surface area contributed by atoms with E-state index in [-0.39, 0.29) is 0 Å². The summed E-state index contributed by atoms with van der Waals surface area (Å²) in [5.74, 6) is 2.60. The number of rotatable bonds is 4. The summed E-state index contributed by atoms with van der Waals surface area (Å²) in [5.41, 5.74) is 1.30. The van der Waals surface area contributed by atoms with E-state index >= 15 is 0 Å². The Balaban J connectivity index is 1.92. The molecule has 2 nitrogen and oxygen atoms in total. The fourth-order valence-electron chi connectivity index (χ4n) is 3.05. The summed E-state index contributed by atoms with van der Waals surface area (Å²) >= 11 is 0. The number of hydrogen-bond acceptors (Lipinski definition) is 2. The van der Waals surface area contributed by atoms with Gasteiger partial charge in [-0.05, 0) is 55.8 Å². The molecule has 1 saturated carbocycles. The molecule has 0 spiro atoms.